The van der Waals surface area contributed by atoms with Gasteiger partial charge in [0.05, 0.1) is 12.8 Å². The molecule has 0 spiro atoms. The molecule has 1 heterocycles. The molecule has 150 valence electrons. The molecule has 6 nitrogen and oxygen atoms in total. The van der Waals surface area contributed by atoms with Crippen molar-refractivity contribution in [1.82, 2.24) is 9.62 Å². The number of carbonyl (C=O) groups excluding carboxylic acids is 1. The highest BCUT2D eigenvalue weighted by atomic mass is 32.2. The molecule has 3 aromatic rings. The number of nitrogens with zero attached hydrogens (tertiary/aromatic N) is 1. The van der Waals surface area contributed by atoms with Crippen molar-refractivity contribution in [1.29, 1.82) is 0 Å². The first kappa shape index (κ1) is 20.6. The second-order valence-corrected chi connectivity index (χ2v) is 8.20. The summed E-state index contributed by atoms with van der Waals surface area (Å²) in [6.45, 7) is 0.252. The van der Waals surface area contributed by atoms with Crippen LogP contribution in [0.25, 0.3) is 6.08 Å². The van der Waals surface area contributed by atoms with E-state index in [9.17, 15) is 13.2 Å². The summed E-state index contributed by atoms with van der Waals surface area (Å²) in [5.74, 6) is 0.353. The maximum atomic E-state index is 13.0. The Bertz CT molecular complexity index is 1060. The van der Waals surface area contributed by atoms with Crippen LogP contribution in [0.3, 0.4) is 0 Å². The Morgan fingerprint density at radius 2 is 1.72 bits per heavy atom. The van der Waals surface area contributed by atoms with Gasteiger partial charge in [0.25, 0.3) is 5.91 Å². The summed E-state index contributed by atoms with van der Waals surface area (Å²) in [6.07, 6.45) is 3.08. The number of amides is 1. The standard InChI is InChI=1S/C22H22N2O4S/c1-23-22(25)20-11-9-19(10-12-20)16-24(17-21-8-5-14-28-21)29(26,27)15-13-18-6-3-2-4-7-18/h2-15H,16-17H2,1H3,(H,23,25)/b15-13+. The van der Waals surface area contributed by atoms with Crippen LogP contribution in [0, 0.1) is 0 Å². The second kappa shape index (κ2) is 9.36. The molecule has 1 amide bonds. The van der Waals surface area contributed by atoms with Crippen LogP contribution in [-0.2, 0) is 23.1 Å². The fourth-order valence-electron chi connectivity index (χ4n) is 2.74. The summed E-state index contributed by atoms with van der Waals surface area (Å²) in [5, 5.41) is 3.76. The van der Waals surface area contributed by atoms with Crippen molar-refractivity contribution in [2.75, 3.05) is 7.05 Å². The number of sulfonamides is 1. The Balaban J connectivity index is 1.84. The van der Waals surface area contributed by atoms with Crippen LogP contribution >= 0.6 is 0 Å². The van der Waals surface area contributed by atoms with Crippen LogP contribution in [0.15, 0.2) is 82.8 Å². The van der Waals surface area contributed by atoms with Crippen LogP contribution in [-0.4, -0.2) is 25.7 Å². The smallest absolute Gasteiger partial charge is 0.251 e. The molecule has 1 aromatic heterocycles. The lowest BCUT2D eigenvalue weighted by Crippen LogP contribution is -2.28. The molecule has 0 saturated heterocycles. The first-order chi connectivity index (χ1) is 14.0. The van der Waals surface area contributed by atoms with E-state index in [0.717, 1.165) is 11.1 Å². The van der Waals surface area contributed by atoms with Crippen molar-refractivity contribution in [2.24, 2.45) is 0 Å². The minimum Gasteiger partial charge on any atom is -0.468 e. The monoisotopic (exact) mass is 410 g/mol. The van der Waals surface area contributed by atoms with E-state index in [1.165, 1.54) is 16.0 Å². The van der Waals surface area contributed by atoms with Gasteiger partial charge in [-0.2, -0.15) is 4.31 Å². The van der Waals surface area contributed by atoms with Crippen molar-refractivity contribution in [2.45, 2.75) is 13.1 Å². The average molecular weight is 410 g/mol. The van der Waals surface area contributed by atoms with E-state index < -0.39 is 10.0 Å². The van der Waals surface area contributed by atoms with Gasteiger partial charge in [0.15, 0.2) is 0 Å². The highest BCUT2D eigenvalue weighted by Crippen LogP contribution is 2.17. The Labute approximate surface area is 170 Å². The minimum absolute atomic E-state index is 0.103. The molecule has 0 aliphatic carbocycles. The molecule has 3 rings (SSSR count). The fraction of sp³-hybridized carbons (Fsp3) is 0.136. The molecule has 0 saturated carbocycles. The molecule has 1 N–H and O–H groups in total. The molecule has 2 aromatic carbocycles. The highest BCUT2D eigenvalue weighted by molar-refractivity contribution is 7.92. The Morgan fingerprint density at radius 1 is 1.00 bits per heavy atom. The number of rotatable bonds is 8. The molecule has 0 bridgehead atoms. The maximum Gasteiger partial charge on any atom is 0.251 e. The third kappa shape index (κ3) is 5.66. The Hall–Kier alpha value is -3.16. The van der Waals surface area contributed by atoms with Gasteiger partial charge < -0.3 is 9.73 Å². The summed E-state index contributed by atoms with van der Waals surface area (Å²) in [6, 6.07) is 19.5. The zero-order chi connectivity index (χ0) is 20.7. The lowest BCUT2D eigenvalue weighted by molar-refractivity contribution is 0.0963. The number of benzene rings is 2. The number of carbonyl (C=O) groups is 1. The van der Waals surface area contributed by atoms with E-state index in [4.69, 9.17) is 4.42 Å². The third-order valence-corrected chi connectivity index (χ3v) is 5.76. The van der Waals surface area contributed by atoms with Crippen LogP contribution in [0.4, 0.5) is 0 Å². The van der Waals surface area contributed by atoms with E-state index in [-0.39, 0.29) is 19.0 Å². The minimum atomic E-state index is -3.71. The summed E-state index contributed by atoms with van der Waals surface area (Å²) >= 11 is 0. The van der Waals surface area contributed by atoms with Crippen LogP contribution in [0.2, 0.25) is 0 Å². The Morgan fingerprint density at radius 3 is 2.34 bits per heavy atom. The van der Waals surface area contributed by atoms with Gasteiger partial charge in [0.2, 0.25) is 10.0 Å². The zero-order valence-electron chi connectivity index (χ0n) is 16.0. The molecule has 0 fully saturated rings. The predicted molar refractivity (Wildman–Crippen MR) is 112 cm³/mol. The second-order valence-electron chi connectivity index (χ2n) is 6.38. The van der Waals surface area contributed by atoms with Crippen LogP contribution in [0.1, 0.15) is 27.2 Å². The molecule has 29 heavy (non-hydrogen) atoms. The van der Waals surface area contributed by atoms with Crippen molar-refractivity contribution in [3.63, 3.8) is 0 Å². The van der Waals surface area contributed by atoms with Gasteiger partial charge in [-0.05, 0) is 41.5 Å². The van der Waals surface area contributed by atoms with Gasteiger partial charge in [-0.3, -0.25) is 4.79 Å². The van der Waals surface area contributed by atoms with Gasteiger partial charge in [-0.25, -0.2) is 8.42 Å². The zero-order valence-corrected chi connectivity index (χ0v) is 16.8. The van der Waals surface area contributed by atoms with Crippen molar-refractivity contribution in [3.8, 4) is 0 Å². The fourth-order valence-corrected chi connectivity index (χ4v) is 3.87. The largest absolute Gasteiger partial charge is 0.468 e. The van der Waals surface area contributed by atoms with Gasteiger partial charge in [0.1, 0.15) is 5.76 Å². The lowest BCUT2D eigenvalue weighted by atomic mass is 10.1. The van der Waals surface area contributed by atoms with E-state index in [1.807, 2.05) is 30.3 Å². The number of nitrogens with one attached hydrogen (secondary N) is 1. The average Bonchev–Trinajstić information content (AvgIpc) is 3.26. The molecule has 0 aliphatic heterocycles. The molecule has 0 atom stereocenters. The van der Waals surface area contributed by atoms with Gasteiger partial charge in [0, 0.05) is 24.6 Å². The molecule has 0 aliphatic rings. The quantitative estimate of drug-likeness (QED) is 0.615. The van der Waals surface area contributed by atoms with E-state index >= 15 is 0 Å². The van der Waals surface area contributed by atoms with Gasteiger partial charge in [-0.15, -0.1) is 0 Å². The number of furan rings is 1. The van der Waals surface area contributed by atoms with Gasteiger partial charge in [-0.1, -0.05) is 42.5 Å². The maximum absolute atomic E-state index is 13.0. The topological polar surface area (TPSA) is 79.6 Å². The SMILES string of the molecule is CNC(=O)c1ccc(CN(Cc2ccco2)S(=O)(=O)/C=C/c2ccccc2)cc1. The number of hydrogen-bond acceptors (Lipinski definition) is 4. The highest BCUT2D eigenvalue weighted by Gasteiger charge is 2.21. The van der Waals surface area contributed by atoms with Gasteiger partial charge >= 0.3 is 0 Å². The van der Waals surface area contributed by atoms with Crippen LogP contribution in [0.5, 0.6) is 0 Å². The van der Waals surface area contributed by atoms with Crippen molar-refractivity contribution in [3.05, 3.63) is 101 Å². The predicted octanol–water partition coefficient (Wildman–Crippen LogP) is 3.64. The van der Waals surface area contributed by atoms with Crippen LogP contribution < -0.4 is 5.32 Å². The molecule has 0 radical (unpaired) electrons. The lowest BCUT2D eigenvalue weighted by Gasteiger charge is -2.19. The molecule has 7 heteroatoms. The number of hydrogen-bond donors (Lipinski definition) is 1. The molecule has 0 unspecified atom stereocenters. The van der Waals surface area contributed by atoms with E-state index in [2.05, 4.69) is 5.32 Å². The summed E-state index contributed by atoms with van der Waals surface area (Å²) in [4.78, 5) is 11.7. The summed E-state index contributed by atoms with van der Waals surface area (Å²) < 4.78 is 32.7. The third-order valence-electron chi connectivity index (χ3n) is 4.31. The molecular weight excluding hydrogens is 388 g/mol. The molecular formula is C22H22N2O4S. The van der Waals surface area contributed by atoms with E-state index in [0.29, 0.717) is 11.3 Å². The first-order valence-corrected chi connectivity index (χ1v) is 10.5. The normalized spacial score (nSPS) is 11.8. The Kier molecular flexibility index (Phi) is 6.64. The van der Waals surface area contributed by atoms with E-state index in [1.54, 1.807) is 49.5 Å². The summed E-state index contributed by atoms with van der Waals surface area (Å²) in [5.41, 5.74) is 2.07. The van der Waals surface area contributed by atoms with Crippen molar-refractivity contribution >= 4 is 22.0 Å². The van der Waals surface area contributed by atoms with Crippen molar-refractivity contribution < 1.29 is 17.6 Å². The summed E-state index contributed by atoms with van der Waals surface area (Å²) in [7, 11) is -2.15. The first-order valence-electron chi connectivity index (χ1n) is 9.04.